The van der Waals surface area contributed by atoms with Gasteiger partial charge >= 0.3 is 10.2 Å². The Bertz CT molecular complexity index is 324. The fourth-order valence-electron chi connectivity index (χ4n) is 1.56. The first-order valence-corrected chi connectivity index (χ1v) is 5.62. The van der Waals surface area contributed by atoms with Crippen molar-refractivity contribution in [2.24, 2.45) is 4.40 Å². The third-order valence-corrected chi connectivity index (χ3v) is 4.27. The molecule has 0 spiro atoms. The van der Waals surface area contributed by atoms with Crippen LogP contribution in [0.3, 0.4) is 0 Å². The monoisotopic (exact) mass is 203 g/mol. The molecular weight excluding hydrogens is 190 g/mol. The minimum atomic E-state index is -3.63. The third-order valence-electron chi connectivity index (χ3n) is 2.48. The Balaban J connectivity index is 2.96. The summed E-state index contributed by atoms with van der Waals surface area (Å²) in [4.78, 5) is 0. The molecule has 0 amide bonds. The van der Waals surface area contributed by atoms with Crippen LogP contribution in [0.5, 0.6) is 0 Å². The topological polar surface area (TPSA) is 68.8 Å². The minimum Gasteiger partial charge on any atom is -0.421 e. The van der Waals surface area contributed by atoms with Crippen molar-refractivity contribution in [3.05, 3.63) is 5.41 Å². The van der Waals surface area contributed by atoms with Gasteiger partial charge in [0.05, 0.1) is 20.1 Å². The van der Waals surface area contributed by atoms with Gasteiger partial charge in [-0.15, -0.1) is 6.01 Å². The second-order valence-electron chi connectivity index (χ2n) is 3.44. The molecule has 0 aromatic heterocycles. The predicted molar refractivity (Wildman–Crippen MR) is 49.5 cm³/mol. The van der Waals surface area contributed by atoms with Gasteiger partial charge < -0.3 is 5.41 Å². The van der Waals surface area contributed by atoms with E-state index in [1.54, 1.807) is 7.05 Å². The minimum absolute atomic E-state index is 0.111. The molecule has 1 heterocycles. The van der Waals surface area contributed by atoms with Crippen LogP contribution >= 0.6 is 0 Å². The molecule has 0 aromatic carbocycles. The zero-order chi connectivity index (χ0) is 9.95. The van der Waals surface area contributed by atoms with Crippen molar-refractivity contribution in [3.63, 3.8) is 0 Å². The number of rotatable bonds is 2. The molecule has 1 fully saturated rings. The van der Waals surface area contributed by atoms with Crippen LogP contribution in [0.4, 0.5) is 0 Å². The fourth-order valence-corrected chi connectivity index (χ4v) is 2.58. The van der Waals surface area contributed by atoms with Crippen LogP contribution < -0.4 is 0 Å². The molecule has 0 aromatic rings. The summed E-state index contributed by atoms with van der Waals surface area (Å²) in [6.45, 7) is 1.13. The van der Waals surface area contributed by atoms with Crippen molar-refractivity contribution < 1.29 is 12.3 Å². The molecular formula is C7H13N3O2S. The molecule has 0 bridgehead atoms. The van der Waals surface area contributed by atoms with Crippen LogP contribution in [0.2, 0.25) is 0 Å². The summed E-state index contributed by atoms with van der Waals surface area (Å²) in [6, 6.07) is 1.35. The van der Waals surface area contributed by atoms with E-state index < -0.39 is 10.2 Å². The van der Waals surface area contributed by atoms with E-state index in [2.05, 4.69) is 4.40 Å². The lowest BCUT2D eigenvalue weighted by molar-refractivity contribution is -0.790. The summed E-state index contributed by atoms with van der Waals surface area (Å²) in [5, 5.41) is 8.24. The van der Waals surface area contributed by atoms with Gasteiger partial charge in [0.2, 0.25) is 0 Å². The maximum Gasteiger partial charge on any atom is 0.336 e. The highest BCUT2D eigenvalue weighted by molar-refractivity contribution is 7.84. The van der Waals surface area contributed by atoms with Crippen LogP contribution in [0.15, 0.2) is 4.40 Å². The Kier molecular flexibility index (Phi) is 2.85. The van der Waals surface area contributed by atoms with Crippen molar-refractivity contribution in [2.45, 2.75) is 19.3 Å². The Hall–Kier alpha value is -0.710. The predicted octanol–water partition coefficient (Wildman–Crippen LogP) is 0.605. The molecule has 0 radical (unpaired) electrons. The standard InChI is InChI=1S/C7H13N3O2S/c1-10(5-3-2-4-6-10)13(11,12)9-7-8/h2-6H2,1H3. The molecule has 6 heteroatoms. The smallest absolute Gasteiger partial charge is 0.336 e. The van der Waals surface area contributed by atoms with Crippen molar-refractivity contribution >= 4 is 16.2 Å². The second-order valence-corrected chi connectivity index (χ2v) is 5.40. The Morgan fingerprint density at radius 1 is 1.31 bits per heavy atom. The molecule has 1 saturated heterocycles. The van der Waals surface area contributed by atoms with Gasteiger partial charge in [0.15, 0.2) is 0 Å². The SMILES string of the molecule is C[N+]1(S(=O)(=O)N=C=[N-])CCCCC1. The van der Waals surface area contributed by atoms with Gasteiger partial charge in [-0.05, 0) is 19.3 Å². The van der Waals surface area contributed by atoms with Crippen molar-refractivity contribution in [1.29, 1.82) is 0 Å². The Morgan fingerprint density at radius 2 is 1.85 bits per heavy atom. The van der Waals surface area contributed by atoms with E-state index in [1.807, 2.05) is 0 Å². The average molecular weight is 203 g/mol. The van der Waals surface area contributed by atoms with E-state index >= 15 is 0 Å². The van der Waals surface area contributed by atoms with Crippen molar-refractivity contribution in [3.8, 4) is 0 Å². The molecule has 1 rings (SSSR count). The quantitative estimate of drug-likeness (QED) is 0.487. The molecule has 0 atom stereocenters. The van der Waals surface area contributed by atoms with E-state index in [4.69, 9.17) is 5.41 Å². The molecule has 0 unspecified atom stereocenters. The lowest BCUT2D eigenvalue weighted by Gasteiger charge is -2.35. The summed E-state index contributed by atoms with van der Waals surface area (Å²) >= 11 is 0. The molecule has 5 nitrogen and oxygen atoms in total. The summed E-state index contributed by atoms with van der Waals surface area (Å²) in [5.74, 6) is 0. The molecule has 1 aliphatic rings. The lowest BCUT2D eigenvalue weighted by Crippen LogP contribution is -2.51. The summed E-state index contributed by atoms with van der Waals surface area (Å²) < 4.78 is 25.9. The lowest BCUT2D eigenvalue weighted by atomic mass is 10.1. The van der Waals surface area contributed by atoms with E-state index in [0.29, 0.717) is 13.1 Å². The van der Waals surface area contributed by atoms with Crippen LogP contribution in [-0.4, -0.2) is 38.5 Å². The maximum absolute atomic E-state index is 11.5. The van der Waals surface area contributed by atoms with Gasteiger partial charge in [-0.25, -0.2) is 3.89 Å². The second kappa shape index (κ2) is 3.57. The first-order valence-electron chi connectivity index (χ1n) is 4.23. The highest BCUT2D eigenvalue weighted by atomic mass is 32.2. The normalized spacial score (nSPS) is 21.9. The first kappa shape index (κ1) is 10.4. The summed E-state index contributed by atoms with van der Waals surface area (Å²) in [6.07, 6.45) is 2.84. The van der Waals surface area contributed by atoms with Gasteiger partial charge in [0.25, 0.3) is 0 Å². The molecule has 0 aliphatic carbocycles. The van der Waals surface area contributed by atoms with Gasteiger partial charge in [-0.2, -0.15) is 8.42 Å². The van der Waals surface area contributed by atoms with Crippen LogP contribution in [0, 0.1) is 0 Å². The molecule has 0 saturated carbocycles. The largest absolute Gasteiger partial charge is 0.421 e. The zero-order valence-corrected chi connectivity index (χ0v) is 8.42. The Labute approximate surface area is 78.4 Å². The van der Waals surface area contributed by atoms with Crippen LogP contribution in [0.1, 0.15) is 19.3 Å². The van der Waals surface area contributed by atoms with E-state index in [9.17, 15) is 8.42 Å². The highest BCUT2D eigenvalue weighted by Gasteiger charge is 2.34. The van der Waals surface area contributed by atoms with Crippen LogP contribution in [0.25, 0.3) is 5.41 Å². The molecule has 13 heavy (non-hydrogen) atoms. The highest BCUT2D eigenvalue weighted by Crippen LogP contribution is 2.21. The number of likely N-dealkylation sites (tertiary alicyclic amines) is 1. The van der Waals surface area contributed by atoms with Gasteiger partial charge in [0.1, 0.15) is 0 Å². The first-order chi connectivity index (χ1) is 6.02. The van der Waals surface area contributed by atoms with Gasteiger partial charge in [-0.1, -0.05) is 0 Å². The average Bonchev–Trinajstić information content (AvgIpc) is 2.05. The third kappa shape index (κ3) is 1.96. The number of nitrogens with zero attached hydrogens (tertiary/aromatic N) is 3. The fraction of sp³-hybridized carbons (Fsp3) is 0.857. The van der Waals surface area contributed by atoms with Crippen molar-refractivity contribution in [1.82, 2.24) is 0 Å². The zero-order valence-electron chi connectivity index (χ0n) is 7.60. The number of quaternary nitrogens is 1. The maximum atomic E-state index is 11.5. The molecule has 1 aliphatic heterocycles. The number of hydrogen-bond donors (Lipinski definition) is 0. The molecule has 74 valence electrons. The summed E-state index contributed by atoms with van der Waals surface area (Å²) in [5.41, 5.74) is 0. The van der Waals surface area contributed by atoms with Crippen LogP contribution in [-0.2, 0) is 10.2 Å². The Morgan fingerprint density at radius 3 is 2.31 bits per heavy atom. The van der Waals surface area contributed by atoms with E-state index in [0.717, 1.165) is 19.3 Å². The molecule has 0 N–H and O–H groups in total. The van der Waals surface area contributed by atoms with Crippen molar-refractivity contribution in [2.75, 3.05) is 20.1 Å². The summed E-state index contributed by atoms with van der Waals surface area (Å²) in [7, 11) is -2.01. The number of hydrogen-bond acceptors (Lipinski definition) is 2. The van der Waals surface area contributed by atoms with E-state index in [1.165, 1.54) is 6.01 Å². The van der Waals surface area contributed by atoms with Gasteiger partial charge in [-0.3, -0.25) is 4.40 Å². The van der Waals surface area contributed by atoms with E-state index in [-0.39, 0.29) is 3.89 Å². The van der Waals surface area contributed by atoms with Gasteiger partial charge in [0, 0.05) is 0 Å². The number of piperidine rings is 1.